The van der Waals surface area contributed by atoms with Crippen molar-refractivity contribution in [3.63, 3.8) is 0 Å². The van der Waals surface area contributed by atoms with Gasteiger partial charge in [-0.25, -0.2) is 15.0 Å². The van der Waals surface area contributed by atoms with Gasteiger partial charge in [0.15, 0.2) is 17.5 Å². The van der Waals surface area contributed by atoms with Crippen molar-refractivity contribution < 1.29 is 4.42 Å². The number of nitrogens with zero attached hydrogens (tertiary/aromatic N) is 6. The van der Waals surface area contributed by atoms with E-state index in [0.717, 1.165) is 99.2 Å². The first-order valence-corrected chi connectivity index (χ1v) is 21.9. The molecule has 0 spiro atoms. The van der Waals surface area contributed by atoms with Gasteiger partial charge in [-0.05, 0) is 84.8 Å². The van der Waals surface area contributed by atoms with Gasteiger partial charge in [0.05, 0.1) is 38.7 Å². The molecule has 0 bridgehead atoms. The molecule has 0 saturated carbocycles. The lowest BCUT2D eigenvalue weighted by atomic mass is 10.0. The SMILES string of the molecule is C=C/C=C\C=C(/C)n1c2ccccc2c2c3c(ccc21)oc1ccc2c4ccccc4n(-c4ccc(-c5nc(-c6ccccc6)nc(-c6cccc(-c7ccccc7)c6)n5)cc4C#N)c2c13. The minimum absolute atomic E-state index is 0.473. The summed E-state index contributed by atoms with van der Waals surface area (Å²) in [7, 11) is 0. The number of para-hydroxylation sites is 2. The van der Waals surface area contributed by atoms with Crippen LogP contribution in [-0.4, -0.2) is 24.1 Å². The second-order valence-corrected chi connectivity index (χ2v) is 16.4. The number of nitriles is 1. The highest BCUT2D eigenvalue weighted by Gasteiger charge is 2.25. The van der Waals surface area contributed by atoms with Crippen LogP contribution in [0.5, 0.6) is 0 Å². The maximum Gasteiger partial charge on any atom is 0.164 e. The molecule has 0 unspecified atom stereocenters. The predicted molar refractivity (Wildman–Crippen MR) is 270 cm³/mol. The number of benzene rings is 8. The van der Waals surface area contributed by atoms with Crippen LogP contribution in [0.25, 0.3) is 122 Å². The van der Waals surface area contributed by atoms with Gasteiger partial charge in [0.1, 0.15) is 17.2 Å². The number of rotatable bonds is 8. The topological polar surface area (TPSA) is 85.5 Å². The van der Waals surface area contributed by atoms with Crippen molar-refractivity contribution in [3.8, 4) is 57.0 Å². The van der Waals surface area contributed by atoms with Crippen molar-refractivity contribution in [1.29, 1.82) is 5.26 Å². The van der Waals surface area contributed by atoms with Crippen molar-refractivity contribution in [2.45, 2.75) is 6.92 Å². The summed E-state index contributed by atoms with van der Waals surface area (Å²) in [6, 6.07) is 62.4. The van der Waals surface area contributed by atoms with Crippen molar-refractivity contribution >= 4 is 71.2 Å². The number of hydrogen-bond donors (Lipinski definition) is 0. The lowest BCUT2D eigenvalue weighted by Gasteiger charge is -2.13. The van der Waals surface area contributed by atoms with Crippen LogP contribution in [0, 0.1) is 11.3 Å². The highest BCUT2D eigenvalue weighted by Crippen LogP contribution is 2.46. The van der Waals surface area contributed by atoms with Gasteiger partial charge in [0.25, 0.3) is 0 Å². The Hall–Kier alpha value is -9.12. The molecule has 12 aromatic rings. The zero-order valence-corrected chi connectivity index (χ0v) is 35.9. The first-order valence-electron chi connectivity index (χ1n) is 21.9. The van der Waals surface area contributed by atoms with Gasteiger partial charge in [-0.1, -0.05) is 140 Å². The van der Waals surface area contributed by atoms with Crippen LogP contribution in [0.1, 0.15) is 12.5 Å². The Bertz CT molecular complexity index is 4030. The van der Waals surface area contributed by atoms with E-state index in [9.17, 15) is 5.26 Å². The average molecular weight is 847 g/mol. The second-order valence-electron chi connectivity index (χ2n) is 16.4. The molecule has 4 heterocycles. The van der Waals surface area contributed by atoms with Gasteiger partial charge >= 0.3 is 0 Å². The van der Waals surface area contributed by atoms with Crippen LogP contribution in [0.4, 0.5) is 0 Å². The van der Waals surface area contributed by atoms with Gasteiger partial charge in [-0.3, -0.25) is 0 Å². The smallest absolute Gasteiger partial charge is 0.164 e. The average Bonchev–Trinajstić information content (AvgIpc) is 4.04. The van der Waals surface area contributed by atoms with Crippen LogP contribution in [0.3, 0.4) is 0 Å². The third kappa shape index (κ3) is 6.16. The number of fused-ring (bicyclic) bond motifs is 11. The molecular formula is C59H38N6O. The highest BCUT2D eigenvalue weighted by molar-refractivity contribution is 6.33. The van der Waals surface area contributed by atoms with Crippen LogP contribution in [0.2, 0.25) is 0 Å². The summed E-state index contributed by atoms with van der Waals surface area (Å²) in [5, 5.41) is 17.5. The fraction of sp³-hybridized carbons (Fsp3) is 0.0169. The van der Waals surface area contributed by atoms with Crippen LogP contribution < -0.4 is 0 Å². The molecule has 0 radical (unpaired) electrons. The fourth-order valence-corrected chi connectivity index (χ4v) is 9.62. The van der Waals surface area contributed by atoms with Crippen LogP contribution in [-0.2, 0) is 0 Å². The van der Waals surface area contributed by atoms with Gasteiger partial charge in [0, 0.05) is 49.3 Å². The molecule has 66 heavy (non-hydrogen) atoms. The lowest BCUT2D eigenvalue weighted by Crippen LogP contribution is -2.02. The molecule has 7 heteroatoms. The van der Waals surface area contributed by atoms with E-state index in [4.69, 9.17) is 19.4 Å². The molecule has 0 atom stereocenters. The Balaban J connectivity index is 1.10. The summed E-state index contributed by atoms with van der Waals surface area (Å²) in [5.41, 5.74) is 12.6. The van der Waals surface area contributed by atoms with E-state index >= 15 is 0 Å². The minimum atomic E-state index is 0.473. The number of allylic oxidation sites excluding steroid dienone is 5. The monoisotopic (exact) mass is 846 g/mol. The largest absolute Gasteiger partial charge is 0.456 e. The van der Waals surface area contributed by atoms with Crippen molar-refractivity contribution in [1.82, 2.24) is 24.1 Å². The number of aromatic nitrogens is 5. The van der Waals surface area contributed by atoms with E-state index in [-0.39, 0.29) is 0 Å². The second kappa shape index (κ2) is 15.6. The molecule has 8 aromatic carbocycles. The van der Waals surface area contributed by atoms with Gasteiger partial charge in [-0.2, -0.15) is 5.26 Å². The minimum Gasteiger partial charge on any atom is -0.456 e. The first-order chi connectivity index (χ1) is 32.6. The highest BCUT2D eigenvalue weighted by atomic mass is 16.3. The molecule has 4 aromatic heterocycles. The van der Waals surface area contributed by atoms with E-state index in [2.05, 4.69) is 132 Å². The van der Waals surface area contributed by atoms with E-state index in [1.54, 1.807) is 6.08 Å². The quantitative estimate of drug-likeness (QED) is 0.142. The maximum absolute atomic E-state index is 11.1. The number of hydrogen-bond acceptors (Lipinski definition) is 5. The van der Waals surface area contributed by atoms with E-state index < -0.39 is 0 Å². The molecule has 12 rings (SSSR count). The molecular weight excluding hydrogens is 809 g/mol. The molecule has 310 valence electrons. The Kier molecular flexibility index (Phi) is 9.11. The van der Waals surface area contributed by atoms with Crippen molar-refractivity contribution in [2.24, 2.45) is 0 Å². The Morgan fingerprint density at radius 3 is 1.91 bits per heavy atom. The number of furan rings is 1. The first kappa shape index (κ1) is 38.5. The zero-order chi connectivity index (χ0) is 44.3. The van der Waals surface area contributed by atoms with Gasteiger partial charge in [0.2, 0.25) is 0 Å². The normalized spacial score (nSPS) is 12.1. The third-order valence-corrected chi connectivity index (χ3v) is 12.5. The van der Waals surface area contributed by atoms with Crippen LogP contribution >= 0.6 is 0 Å². The Morgan fingerprint density at radius 2 is 1.15 bits per heavy atom. The van der Waals surface area contributed by atoms with Crippen molar-refractivity contribution in [3.05, 3.63) is 212 Å². The maximum atomic E-state index is 11.1. The van der Waals surface area contributed by atoms with Gasteiger partial charge < -0.3 is 13.6 Å². The molecule has 0 aliphatic carbocycles. The predicted octanol–water partition coefficient (Wildman–Crippen LogP) is 15.1. The zero-order valence-electron chi connectivity index (χ0n) is 35.9. The van der Waals surface area contributed by atoms with Crippen molar-refractivity contribution in [2.75, 3.05) is 0 Å². The summed E-state index contributed by atoms with van der Waals surface area (Å²) in [6.07, 6.45) is 7.84. The summed E-state index contributed by atoms with van der Waals surface area (Å²) in [4.78, 5) is 15.1. The summed E-state index contributed by atoms with van der Waals surface area (Å²) < 4.78 is 11.3. The van der Waals surface area contributed by atoms with Gasteiger partial charge in [-0.15, -0.1) is 0 Å². The Labute approximate surface area is 379 Å². The molecule has 7 nitrogen and oxygen atoms in total. The van der Waals surface area contributed by atoms with E-state index in [1.807, 2.05) is 91.0 Å². The fourth-order valence-electron chi connectivity index (χ4n) is 9.62. The summed E-state index contributed by atoms with van der Waals surface area (Å²) in [5.74, 6) is 1.56. The molecule has 0 N–H and O–H groups in total. The summed E-state index contributed by atoms with van der Waals surface area (Å²) in [6.45, 7) is 5.98. The molecule has 0 aliphatic rings. The standard InChI is InChI=1S/C59H38N6O/c1-3-4-7-17-37(2)64-49-27-15-13-25-46(49)53-50(64)31-33-51-54(53)55-52(66-51)32-29-45-44-24-12-14-26-48(44)65(56(45)55)47-30-28-42(35-43(47)36-60)59-62-57(39-20-10-6-11-21-39)61-58(63-59)41-23-16-22-40(34-41)38-18-8-5-9-19-38/h3-35H,1H2,2H3/b7-4-,37-17+. The van der Waals surface area contributed by atoms with E-state index in [0.29, 0.717) is 28.6 Å². The molecule has 0 amide bonds. The van der Waals surface area contributed by atoms with E-state index in [1.165, 1.54) is 0 Å². The Morgan fingerprint density at radius 1 is 0.530 bits per heavy atom. The summed E-state index contributed by atoms with van der Waals surface area (Å²) >= 11 is 0. The molecule has 0 fully saturated rings. The third-order valence-electron chi connectivity index (χ3n) is 12.5. The van der Waals surface area contributed by atoms with Crippen LogP contribution in [0.15, 0.2) is 211 Å². The molecule has 0 saturated heterocycles. The lowest BCUT2D eigenvalue weighted by molar-refractivity contribution is 0.669. The molecule has 0 aliphatic heterocycles.